The van der Waals surface area contributed by atoms with Gasteiger partial charge in [-0.15, -0.1) is 0 Å². The van der Waals surface area contributed by atoms with Gasteiger partial charge in [-0.05, 0) is 49.4 Å². The first-order chi connectivity index (χ1) is 10.5. The highest BCUT2D eigenvalue weighted by molar-refractivity contribution is 5.95. The van der Waals surface area contributed by atoms with Crippen LogP contribution in [0.2, 0.25) is 0 Å². The van der Waals surface area contributed by atoms with Crippen molar-refractivity contribution >= 4 is 16.5 Å². The Morgan fingerprint density at radius 3 is 2.50 bits per heavy atom. The number of nitrogens with zero attached hydrogens (tertiary/aromatic N) is 2. The third-order valence-electron chi connectivity index (χ3n) is 4.32. The second kappa shape index (κ2) is 5.27. The first-order valence-corrected chi connectivity index (χ1v) is 7.39. The summed E-state index contributed by atoms with van der Waals surface area (Å²) in [5, 5.41) is 2.30. The van der Waals surface area contributed by atoms with Gasteiger partial charge in [0, 0.05) is 6.07 Å². The molecule has 0 fully saturated rings. The summed E-state index contributed by atoms with van der Waals surface area (Å²) in [4.78, 5) is 3.53. The summed E-state index contributed by atoms with van der Waals surface area (Å²) < 4.78 is 2.17. The van der Waals surface area contributed by atoms with Crippen LogP contribution in [0.1, 0.15) is 16.7 Å². The molecular formula is C20H19N2+. The first kappa shape index (κ1) is 14.3. The van der Waals surface area contributed by atoms with E-state index in [2.05, 4.69) is 67.7 Å². The molecule has 1 aromatic heterocycles. The Balaban J connectivity index is 2.41. The van der Waals surface area contributed by atoms with Gasteiger partial charge in [-0.1, -0.05) is 23.8 Å². The molecule has 0 aliphatic rings. The van der Waals surface area contributed by atoms with Crippen molar-refractivity contribution < 1.29 is 4.57 Å². The summed E-state index contributed by atoms with van der Waals surface area (Å²) in [6.45, 7) is 13.7. The van der Waals surface area contributed by atoms with Gasteiger partial charge in [0.15, 0.2) is 11.9 Å². The van der Waals surface area contributed by atoms with Crippen molar-refractivity contribution in [3.63, 3.8) is 0 Å². The second-order valence-electron chi connectivity index (χ2n) is 5.91. The van der Waals surface area contributed by atoms with Crippen LogP contribution < -0.4 is 4.57 Å². The molecule has 108 valence electrons. The van der Waals surface area contributed by atoms with Gasteiger partial charge in [0.2, 0.25) is 5.69 Å². The van der Waals surface area contributed by atoms with Crippen molar-refractivity contribution in [1.29, 1.82) is 0 Å². The second-order valence-corrected chi connectivity index (χ2v) is 5.91. The summed E-state index contributed by atoms with van der Waals surface area (Å²) in [5.41, 5.74) is 7.05. The zero-order valence-electron chi connectivity index (χ0n) is 13.4. The number of aryl methyl sites for hydroxylation is 3. The fourth-order valence-corrected chi connectivity index (χ4v) is 3.05. The van der Waals surface area contributed by atoms with Crippen LogP contribution in [0, 0.1) is 27.3 Å². The molecule has 0 atom stereocenters. The van der Waals surface area contributed by atoms with E-state index in [1.165, 1.54) is 33.3 Å². The number of hydrogen-bond acceptors (Lipinski definition) is 0. The molecule has 0 amide bonds. The van der Waals surface area contributed by atoms with E-state index in [-0.39, 0.29) is 0 Å². The predicted octanol–water partition coefficient (Wildman–Crippen LogP) is 4.81. The topological polar surface area (TPSA) is 8.24 Å². The maximum absolute atomic E-state index is 7.19. The fourth-order valence-electron chi connectivity index (χ4n) is 3.05. The standard InChI is InChI=1S/C20H19N2/c1-13-10-14(2)15(3)19(11-13)20-18-7-6-17(21-4)12-16(18)8-9-22(20)5/h6-12H,1-3,5H3/q+1. The lowest BCUT2D eigenvalue weighted by molar-refractivity contribution is -0.659. The summed E-state index contributed by atoms with van der Waals surface area (Å²) >= 11 is 0. The summed E-state index contributed by atoms with van der Waals surface area (Å²) in [6, 6.07) is 12.5. The fraction of sp³-hybridized carbons (Fsp3) is 0.200. The van der Waals surface area contributed by atoms with E-state index in [4.69, 9.17) is 6.57 Å². The van der Waals surface area contributed by atoms with Crippen LogP contribution in [0.25, 0.3) is 26.9 Å². The van der Waals surface area contributed by atoms with Crippen LogP contribution in [-0.2, 0) is 7.05 Å². The summed E-state index contributed by atoms with van der Waals surface area (Å²) in [6.07, 6.45) is 2.07. The molecule has 3 aromatic rings. The van der Waals surface area contributed by atoms with Gasteiger partial charge in [0.25, 0.3) is 0 Å². The predicted molar refractivity (Wildman–Crippen MR) is 91.0 cm³/mol. The molecule has 0 spiro atoms. The van der Waals surface area contributed by atoms with Crippen molar-refractivity contribution in [2.45, 2.75) is 20.8 Å². The lowest BCUT2D eigenvalue weighted by Gasteiger charge is -2.11. The van der Waals surface area contributed by atoms with Crippen LogP contribution in [0.5, 0.6) is 0 Å². The lowest BCUT2D eigenvalue weighted by Crippen LogP contribution is -2.30. The third kappa shape index (κ3) is 2.25. The van der Waals surface area contributed by atoms with Crippen molar-refractivity contribution in [2.75, 3.05) is 0 Å². The monoisotopic (exact) mass is 287 g/mol. The molecule has 2 aromatic carbocycles. The Bertz CT molecular complexity index is 931. The van der Waals surface area contributed by atoms with E-state index in [0.717, 1.165) is 5.39 Å². The van der Waals surface area contributed by atoms with Gasteiger partial charge in [0.1, 0.15) is 7.05 Å². The number of aromatic nitrogens is 1. The molecule has 0 aliphatic carbocycles. The Morgan fingerprint density at radius 1 is 1.00 bits per heavy atom. The van der Waals surface area contributed by atoms with E-state index < -0.39 is 0 Å². The van der Waals surface area contributed by atoms with E-state index in [1.54, 1.807) is 0 Å². The molecule has 3 rings (SSSR count). The zero-order chi connectivity index (χ0) is 15.9. The normalized spacial score (nSPS) is 10.7. The number of benzene rings is 2. The zero-order valence-corrected chi connectivity index (χ0v) is 13.4. The van der Waals surface area contributed by atoms with Gasteiger partial charge in [-0.25, -0.2) is 9.41 Å². The molecule has 0 radical (unpaired) electrons. The van der Waals surface area contributed by atoms with Gasteiger partial charge < -0.3 is 0 Å². The summed E-state index contributed by atoms with van der Waals surface area (Å²) in [7, 11) is 2.08. The minimum absolute atomic E-state index is 0.685. The van der Waals surface area contributed by atoms with E-state index in [0.29, 0.717) is 5.69 Å². The molecule has 0 unspecified atom stereocenters. The van der Waals surface area contributed by atoms with Crippen LogP contribution >= 0.6 is 0 Å². The smallest absolute Gasteiger partial charge is 0.220 e. The number of fused-ring (bicyclic) bond motifs is 1. The van der Waals surface area contributed by atoms with Crippen molar-refractivity contribution in [2.24, 2.45) is 7.05 Å². The minimum atomic E-state index is 0.685. The molecule has 1 heterocycles. The van der Waals surface area contributed by atoms with E-state index in [1.807, 2.05) is 12.1 Å². The quantitative estimate of drug-likeness (QED) is 0.448. The highest BCUT2D eigenvalue weighted by atomic mass is 14.9. The molecule has 2 heteroatoms. The SMILES string of the molecule is [C-]#[N+]c1ccc2c(-c3cc(C)cc(C)c3C)[n+](C)ccc2c1. The number of rotatable bonds is 1. The van der Waals surface area contributed by atoms with Crippen LogP contribution in [0.4, 0.5) is 5.69 Å². The molecule has 22 heavy (non-hydrogen) atoms. The maximum Gasteiger partial charge on any atom is 0.220 e. The Hall–Kier alpha value is -2.66. The highest BCUT2D eigenvalue weighted by Gasteiger charge is 2.18. The molecule has 0 N–H and O–H groups in total. The maximum atomic E-state index is 7.19. The van der Waals surface area contributed by atoms with Gasteiger partial charge in [-0.2, -0.15) is 0 Å². The van der Waals surface area contributed by atoms with Crippen molar-refractivity contribution in [3.8, 4) is 11.3 Å². The van der Waals surface area contributed by atoms with Crippen molar-refractivity contribution in [1.82, 2.24) is 0 Å². The van der Waals surface area contributed by atoms with Crippen molar-refractivity contribution in [3.05, 3.63) is 70.7 Å². The highest BCUT2D eigenvalue weighted by Crippen LogP contribution is 2.31. The molecule has 0 bridgehead atoms. The van der Waals surface area contributed by atoms with Crippen LogP contribution in [-0.4, -0.2) is 0 Å². The number of pyridine rings is 1. The molecule has 0 saturated carbocycles. The van der Waals surface area contributed by atoms with Crippen LogP contribution in [0.3, 0.4) is 0 Å². The van der Waals surface area contributed by atoms with E-state index in [9.17, 15) is 0 Å². The Kier molecular flexibility index (Phi) is 3.42. The average Bonchev–Trinajstić information content (AvgIpc) is 2.50. The first-order valence-electron chi connectivity index (χ1n) is 7.39. The molecule has 0 aliphatic heterocycles. The van der Waals surface area contributed by atoms with Crippen LogP contribution in [0.15, 0.2) is 42.6 Å². The third-order valence-corrected chi connectivity index (χ3v) is 4.32. The molecular weight excluding hydrogens is 268 g/mol. The van der Waals surface area contributed by atoms with Gasteiger partial charge in [0.05, 0.1) is 17.5 Å². The van der Waals surface area contributed by atoms with Gasteiger partial charge in [-0.3, -0.25) is 0 Å². The Labute approximate surface area is 131 Å². The Morgan fingerprint density at radius 2 is 1.77 bits per heavy atom. The summed E-state index contributed by atoms with van der Waals surface area (Å²) in [5.74, 6) is 0. The number of hydrogen-bond donors (Lipinski definition) is 0. The average molecular weight is 287 g/mol. The van der Waals surface area contributed by atoms with Gasteiger partial charge >= 0.3 is 0 Å². The molecule has 0 saturated heterocycles. The largest absolute Gasteiger partial charge is 0.238 e. The minimum Gasteiger partial charge on any atom is -0.238 e. The van der Waals surface area contributed by atoms with E-state index >= 15 is 0 Å². The molecule has 2 nitrogen and oxygen atoms in total. The lowest BCUT2D eigenvalue weighted by atomic mass is 9.94.